The van der Waals surface area contributed by atoms with E-state index in [1.165, 1.54) is 0 Å². The van der Waals surface area contributed by atoms with Crippen molar-refractivity contribution >= 4 is 23.3 Å². The Bertz CT molecular complexity index is 437. The first-order valence-electron chi connectivity index (χ1n) is 7.13. The summed E-state index contributed by atoms with van der Waals surface area (Å²) in [6, 6.07) is -0.158. The quantitative estimate of drug-likeness (QED) is 0.652. The zero-order valence-electron chi connectivity index (χ0n) is 12.5. The van der Waals surface area contributed by atoms with Crippen LogP contribution in [-0.4, -0.2) is 34.7 Å². The highest BCUT2D eigenvalue weighted by Crippen LogP contribution is 2.09. The fourth-order valence-electron chi connectivity index (χ4n) is 1.87. The van der Waals surface area contributed by atoms with Gasteiger partial charge in [-0.3, -0.25) is 4.79 Å². The standard InChI is InChI=1S/C14H23N3O3S/c1-10(13(18)19)4-3-5-11(2)17-14(20)15-7-6-12-8-21-9-16-12/h8-11H,3-7H2,1-2H3,(H,18,19)(H2,15,17,20). The first kappa shape index (κ1) is 17.4. The number of aromatic nitrogens is 1. The molecule has 1 aromatic rings. The smallest absolute Gasteiger partial charge is 0.315 e. The van der Waals surface area contributed by atoms with E-state index in [4.69, 9.17) is 5.11 Å². The average molecular weight is 313 g/mol. The van der Waals surface area contributed by atoms with Crippen molar-refractivity contribution in [2.45, 2.75) is 45.6 Å². The number of amides is 2. The van der Waals surface area contributed by atoms with Gasteiger partial charge in [0.25, 0.3) is 0 Å². The van der Waals surface area contributed by atoms with Crippen LogP contribution in [0.1, 0.15) is 38.8 Å². The van der Waals surface area contributed by atoms with Crippen LogP contribution in [0.5, 0.6) is 0 Å². The topological polar surface area (TPSA) is 91.3 Å². The molecule has 1 heterocycles. The van der Waals surface area contributed by atoms with Crippen LogP contribution in [-0.2, 0) is 11.2 Å². The van der Waals surface area contributed by atoms with Crippen molar-refractivity contribution in [2.24, 2.45) is 5.92 Å². The molecule has 3 N–H and O–H groups in total. The summed E-state index contributed by atoms with van der Waals surface area (Å²) in [5.74, 6) is -1.10. The van der Waals surface area contributed by atoms with Gasteiger partial charge in [-0.1, -0.05) is 13.3 Å². The number of thiazole rings is 1. The van der Waals surface area contributed by atoms with Crippen molar-refractivity contribution < 1.29 is 14.7 Å². The van der Waals surface area contributed by atoms with E-state index in [0.717, 1.165) is 25.0 Å². The number of urea groups is 1. The summed E-state index contributed by atoms with van der Waals surface area (Å²) in [6.45, 7) is 4.18. The number of nitrogens with one attached hydrogen (secondary N) is 2. The zero-order chi connectivity index (χ0) is 15.7. The predicted molar refractivity (Wildman–Crippen MR) is 82.5 cm³/mol. The Morgan fingerprint density at radius 3 is 2.76 bits per heavy atom. The van der Waals surface area contributed by atoms with Crippen LogP contribution in [0.15, 0.2) is 10.9 Å². The number of carbonyl (C=O) groups is 2. The molecule has 2 atom stereocenters. The number of aliphatic carboxylic acids is 1. The number of carbonyl (C=O) groups excluding carboxylic acids is 1. The fraction of sp³-hybridized carbons (Fsp3) is 0.643. The molecule has 0 saturated carbocycles. The molecule has 0 aromatic carbocycles. The maximum atomic E-state index is 11.7. The lowest BCUT2D eigenvalue weighted by Crippen LogP contribution is -2.41. The van der Waals surface area contributed by atoms with Crippen molar-refractivity contribution in [3.8, 4) is 0 Å². The lowest BCUT2D eigenvalue weighted by atomic mass is 10.0. The number of carboxylic acid groups (broad SMARTS) is 1. The number of hydrogen-bond donors (Lipinski definition) is 3. The van der Waals surface area contributed by atoms with Crippen molar-refractivity contribution in [1.82, 2.24) is 15.6 Å². The SMILES string of the molecule is CC(CCCC(C)C(=O)O)NC(=O)NCCc1cscn1. The second-order valence-electron chi connectivity index (χ2n) is 5.20. The van der Waals surface area contributed by atoms with E-state index in [0.29, 0.717) is 13.0 Å². The minimum absolute atomic E-state index is 0.0327. The van der Waals surface area contributed by atoms with E-state index in [-0.39, 0.29) is 18.0 Å². The van der Waals surface area contributed by atoms with Gasteiger partial charge in [0.15, 0.2) is 0 Å². The molecular formula is C14H23N3O3S. The maximum absolute atomic E-state index is 11.7. The highest BCUT2D eigenvalue weighted by atomic mass is 32.1. The monoisotopic (exact) mass is 313 g/mol. The van der Waals surface area contributed by atoms with Gasteiger partial charge in [0, 0.05) is 24.4 Å². The Labute approximate surface area is 129 Å². The molecule has 21 heavy (non-hydrogen) atoms. The van der Waals surface area contributed by atoms with Gasteiger partial charge in [0.05, 0.1) is 17.1 Å². The summed E-state index contributed by atoms with van der Waals surface area (Å²) in [5, 5.41) is 16.4. The average Bonchev–Trinajstić information content (AvgIpc) is 2.91. The molecule has 0 radical (unpaired) electrons. The Balaban J connectivity index is 2.08. The minimum atomic E-state index is -0.768. The summed E-state index contributed by atoms with van der Waals surface area (Å²) < 4.78 is 0. The van der Waals surface area contributed by atoms with Crippen LogP contribution in [0.25, 0.3) is 0 Å². The van der Waals surface area contributed by atoms with Gasteiger partial charge in [-0.2, -0.15) is 0 Å². The van der Waals surface area contributed by atoms with Crippen LogP contribution in [0.3, 0.4) is 0 Å². The van der Waals surface area contributed by atoms with Crippen LogP contribution >= 0.6 is 11.3 Å². The minimum Gasteiger partial charge on any atom is -0.481 e. The number of rotatable bonds is 9. The van der Waals surface area contributed by atoms with Crippen molar-refractivity contribution in [3.63, 3.8) is 0 Å². The van der Waals surface area contributed by atoms with E-state index in [2.05, 4.69) is 15.6 Å². The van der Waals surface area contributed by atoms with Crippen molar-refractivity contribution in [2.75, 3.05) is 6.54 Å². The Kier molecular flexibility index (Phi) is 7.74. The van der Waals surface area contributed by atoms with E-state index in [9.17, 15) is 9.59 Å². The number of carboxylic acids is 1. The predicted octanol–water partition coefficient (Wildman–Crippen LogP) is 2.26. The van der Waals surface area contributed by atoms with Crippen molar-refractivity contribution in [3.05, 3.63) is 16.6 Å². The van der Waals surface area contributed by atoms with Crippen LogP contribution in [0.4, 0.5) is 4.79 Å². The zero-order valence-corrected chi connectivity index (χ0v) is 13.3. The summed E-state index contributed by atoms with van der Waals surface area (Å²) in [6.07, 6.45) is 2.92. The largest absolute Gasteiger partial charge is 0.481 e. The first-order chi connectivity index (χ1) is 9.99. The van der Waals surface area contributed by atoms with Crippen LogP contribution in [0.2, 0.25) is 0 Å². The molecular weight excluding hydrogens is 290 g/mol. The summed E-state index contributed by atoms with van der Waals surface area (Å²) in [4.78, 5) is 26.5. The molecule has 2 unspecified atom stereocenters. The second-order valence-corrected chi connectivity index (χ2v) is 5.92. The first-order valence-corrected chi connectivity index (χ1v) is 8.07. The molecule has 0 spiro atoms. The second kappa shape index (κ2) is 9.33. The van der Waals surface area contributed by atoms with Gasteiger partial charge >= 0.3 is 12.0 Å². The third-order valence-corrected chi connectivity index (χ3v) is 3.86. The maximum Gasteiger partial charge on any atom is 0.315 e. The van der Waals surface area contributed by atoms with E-state index in [1.54, 1.807) is 23.8 Å². The third kappa shape index (κ3) is 7.65. The normalized spacial score (nSPS) is 13.4. The molecule has 0 saturated heterocycles. The van der Waals surface area contributed by atoms with Gasteiger partial charge in [-0.05, 0) is 19.8 Å². The van der Waals surface area contributed by atoms with E-state index in [1.807, 2.05) is 12.3 Å². The highest BCUT2D eigenvalue weighted by Gasteiger charge is 2.12. The molecule has 7 heteroatoms. The van der Waals surface area contributed by atoms with Gasteiger partial charge in [0.1, 0.15) is 0 Å². The van der Waals surface area contributed by atoms with E-state index < -0.39 is 5.97 Å². The number of hydrogen-bond acceptors (Lipinski definition) is 4. The summed E-state index contributed by atoms with van der Waals surface area (Å²) in [7, 11) is 0. The molecule has 1 aromatic heterocycles. The molecule has 0 fully saturated rings. The Morgan fingerprint density at radius 1 is 1.38 bits per heavy atom. The Morgan fingerprint density at radius 2 is 2.14 bits per heavy atom. The van der Waals surface area contributed by atoms with Gasteiger partial charge in [0.2, 0.25) is 0 Å². The molecule has 0 bridgehead atoms. The molecule has 6 nitrogen and oxygen atoms in total. The number of nitrogens with zero attached hydrogens (tertiary/aromatic N) is 1. The van der Waals surface area contributed by atoms with Gasteiger partial charge < -0.3 is 15.7 Å². The van der Waals surface area contributed by atoms with E-state index >= 15 is 0 Å². The van der Waals surface area contributed by atoms with Crippen molar-refractivity contribution in [1.29, 1.82) is 0 Å². The molecule has 0 aliphatic carbocycles. The summed E-state index contributed by atoms with van der Waals surface area (Å²) >= 11 is 1.54. The fourth-order valence-corrected chi connectivity index (χ4v) is 2.46. The summed E-state index contributed by atoms with van der Waals surface area (Å²) in [5.41, 5.74) is 2.76. The van der Waals surface area contributed by atoms with Gasteiger partial charge in [-0.25, -0.2) is 9.78 Å². The van der Waals surface area contributed by atoms with Crippen LogP contribution in [0, 0.1) is 5.92 Å². The molecule has 1 rings (SSSR count). The third-order valence-electron chi connectivity index (χ3n) is 3.22. The highest BCUT2D eigenvalue weighted by molar-refractivity contribution is 7.07. The lowest BCUT2D eigenvalue weighted by Gasteiger charge is -2.15. The lowest BCUT2D eigenvalue weighted by molar-refractivity contribution is -0.141. The van der Waals surface area contributed by atoms with Gasteiger partial charge in [-0.15, -0.1) is 11.3 Å². The molecule has 2 amide bonds. The molecule has 0 aliphatic heterocycles. The molecule has 0 aliphatic rings. The van der Waals surface area contributed by atoms with Crippen LogP contribution < -0.4 is 10.6 Å². The Hall–Kier alpha value is -1.63. The molecule has 118 valence electrons.